The van der Waals surface area contributed by atoms with Gasteiger partial charge in [0.2, 0.25) is 21.8 Å². The van der Waals surface area contributed by atoms with Gasteiger partial charge >= 0.3 is 12.2 Å². The van der Waals surface area contributed by atoms with Crippen LogP contribution in [0.25, 0.3) is 0 Å². The van der Waals surface area contributed by atoms with E-state index in [1.54, 1.807) is 4.90 Å². The average molecular weight is 730 g/mol. The van der Waals surface area contributed by atoms with E-state index in [-0.39, 0.29) is 26.0 Å². The van der Waals surface area contributed by atoms with Crippen molar-refractivity contribution < 1.29 is 41.9 Å². The maximum Gasteiger partial charge on any atom is 0.410 e. The number of sulfonamides is 1. The summed E-state index contributed by atoms with van der Waals surface area (Å²) in [6.45, 7) is 0.934. The van der Waals surface area contributed by atoms with E-state index < -0.39 is 69.4 Å². The first-order valence-electron chi connectivity index (χ1n) is 18.7. The number of nitrogens with one attached hydrogen (secondary N) is 3. The van der Waals surface area contributed by atoms with Crippen LogP contribution in [0, 0.1) is 0 Å². The third kappa shape index (κ3) is 9.52. The molecule has 4 heterocycles. The van der Waals surface area contributed by atoms with Gasteiger partial charge in [-0.2, -0.15) is 0 Å². The normalized spacial score (nSPS) is 27.7. The van der Waals surface area contributed by atoms with Gasteiger partial charge in [-0.05, 0) is 61.6 Å². The lowest BCUT2D eigenvalue weighted by Crippen LogP contribution is -2.56. The number of benzene rings is 1. The summed E-state index contributed by atoms with van der Waals surface area (Å²) in [5.74, 6) is -1.97. The molecule has 0 radical (unpaired) electrons. The Morgan fingerprint density at radius 1 is 0.824 bits per heavy atom. The summed E-state index contributed by atoms with van der Waals surface area (Å²) < 4.78 is 38.9. The highest BCUT2D eigenvalue weighted by atomic mass is 32.2. The zero-order chi connectivity index (χ0) is 36.0. The number of rotatable bonds is 3. The number of hydrogen-bond donors (Lipinski definition) is 3. The van der Waals surface area contributed by atoms with Crippen LogP contribution in [0.15, 0.2) is 18.2 Å². The second-order valence-electron chi connectivity index (χ2n) is 14.6. The predicted molar refractivity (Wildman–Crippen MR) is 185 cm³/mol. The second kappa shape index (κ2) is 16.6. The average Bonchev–Trinajstić information content (AvgIpc) is 3.74. The highest BCUT2D eigenvalue weighted by molar-refractivity contribution is 7.90. The largest absolute Gasteiger partial charge is 0.450 e. The highest BCUT2D eigenvalue weighted by Gasteiger charge is 2.45. The third-order valence-corrected chi connectivity index (χ3v) is 12.5. The van der Waals surface area contributed by atoms with E-state index in [1.165, 1.54) is 10.5 Å². The lowest BCUT2D eigenvalue weighted by molar-refractivity contribution is -0.141. The molecule has 1 aromatic carbocycles. The molecule has 1 unspecified atom stereocenters. The lowest BCUT2D eigenvalue weighted by atomic mass is 9.98. The number of carbonyl (C=O) groups is 5. The van der Waals surface area contributed by atoms with Crippen LogP contribution in [-0.4, -0.2) is 90.8 Å². The number of hydrogen-bond acceptors (Lipinski definition) is 9. The zero-order valence-electron chi connectivity index (χ0n) is 29.2. The molecule has 2 saturated heterocycles. The molecule has 0 aromatic heterocycles. The van der Waals surface area contributed by atoms with Crippen molar-refractivity contribution in [3.63, 3.8) is 0 Å². The van der Waals surface area contributed by atoms with E-state index in [0.717, 1.165) is 62.5 Å². The number of alkyl carbamates (subject to hydrolysis) is 1. The molecule has 5 bridgehead atoms. The lowest BCUT2D eigenvalue weighted by Gasteiger charge is -2.29. The molecule has 4 aliphatic heterocycles. The van der Waals surface area contributed by atoms with Crippen molar-refractivity contribution in [1.29, 1.82) is 0 Å². The van der Waals surface area contributed by atoms with Crippen LogP contribution in [0.1, 0.15) is 113 Å². The van der Waals surface area contributed by atoms with Crippen molar-refractivity contribution >= 4 is 39.9 Å². The Morgan fingerprint density at radius 2 is 1.53 bits per heavy atom. The molecule has 6 rings (SSSR count). The fourth-order valence-corrected chi connectivity index (χ4v) is 8.98. The van der Waals surface area contributed by atoms with Gasteiger partial charge in [-0.25, -0.2) is 18.0 Å². The SMILES string of the molecule is O=C1N[C@H]2CCCCCCCCC(C(=O)NS(=O)(=O)C3CC3)NC(=O)[C@@H]3C[C@@H](CN3C2=O)OC(=O)N2Cc3cccc(c3C2)CCCCCCO1. The molecule has 0 spiro atoms. The Morgan fingerprint density at radius 3 is 2.31 bits per heavy atom. The molecule has 3 N–H and O–H groups in total. The summed E-state index contributed by atoms with van der Waals surface area (Å²) in [5, 5.41) is 4.86. The third-order valence-electron chi connectivity index (χ3n) is 10.7. The van der Waals surface area contributed by atoms with Crippen LogP contribution in [-0.2, 0) is 53.4 Å². The van der Waals surface area contributed by atoms with Crippen LogP contribution in [0.2, 0.25) is 0 Å². The van der Waals surface area contributed by atoms with Crippen molar-refractivity contribution in [2.24, 2.45) is 0 Å². The second-order valence-corrected chi connectivity index (χ2v) is 16.6. The number of aryl methyl sites for hydroxylation is 1. The van der Waals surface area contributed by atoms with Crippen molar-refractivity contribution in [2.75, 3.05) is 13.2 Å². The number of cyclic esters (lactones) is 1. The Balaban J connectivity index is 1.25. The summed E-state index contributed by atoms with van der Waals surface area (Å²) in [4.78, 5) is 71.0. The summed E-state index contributed by atoms with van der Waals surface area (Å²) in [6, 6.07) is 2.85. The first kappa shape index (κ1) is 36.9. The smallest absolute Gasteiger partial charge is 0.410 e. The maximum absolute atomic E-state index is 14.3. The van der Waals surface area contributed by atoms with Gasteiger partial charge in [0.1, 0.15) is 24.2 Å². The Hall–Kier alpha value is -3.88. The van der Waals surface area contributed by atoms with Crippen molar-refractivity contribution in [3.8, 4) is 0 Å². The van der Waals surface area contributed by atoms with Crippen LogP contribution in [0.3, 0.4) is 0 Å². The molecule has 14 nitrogen and oxygen atoms in total. The first-order chi connectivity index (χ1) is 24.6. The van der Waals surface area contributed by atoms with Crippen molar-refractivity contribution in [2.45, 2.75) is 145 Å². The molecule has 3 fully saturated rings. The fourth-order valence-electron chi connectivity index (χ4n) is 7.64. The van der Waals surface area contributed by atoms with Crippen molar-refractivity contribution in [3.05, 3.63) is 34.9 Å². The van der Waals surface area contributed by atoms with Crippen LogP contribution < -0.4 is 15.4 Å². The molecule has 5 aliphatic rings. The fraction of sp³-hybridized carbons (Fsp3) is 0.694. The van der Waals surface area contributed by atoms with Crippen LogP contribution >= 0.6 is 0 Å². The van der Waals surface area contributed by atoms with Gasteiger partial charge in [0.05, 0.1) is 18.4 Å². The molecular weight excluding hydrogens is 678 g/mol. The van der Waals surface area contributed by atoms with E-state index in [0.29, 0.717) is 51.6 Å². The van der Waals surface area contributed by atoms with E-state index in [1.807, 2.05) is 12.1 Å². The minimum absolute atomic E-state index is 0.0266. The number of nitrogens with zero attached hydrogens (tertiary/aromatic N) is 2. The maximum atomic E-state index is 14.3. The van der Waals surface area contributed by atoms with Gasteiger partial charge in [-0.15, -0.1) is 0 Å². The van der Waals surface area contributed by atoms with Gasteiger partial charge < -0.3 is 25.0 Å². The molecule has 15 heteroatoms. The topological polar surface area (TPSA) is 181 Å². The van der Waals surface area contributed by atoms with Gasteiger partial charge in [-0.1, -0.05) is 69.6 Å². The summed E-state index contributed by atoms with van der Waals surface area (Å²) in [7, 11) is -3.85. The van der Waals surface area contributed by atoms with Crippen molar-refractivity contribution in [1.82, 2.24) is 25.2 Å². The quantitative estimate of drug-likeness (QED) is 0.420. The molecule has 1 saturated carbocycles. The zero-order valence-corrected chi connectivity index (χ0v) is 30.1. The Bertz CT molecular complexity index is 1580. The van der Waals surface area contributed by atoms with E-state index in [9.17, 15) is 32.4 Å². The van der Waals surface area contributed by atoms with E-state index in [2.05, 4.69) is 21.4 Å². The Labute approximate surface area is 299 Å². The van der Waals surface area contributed by atoms with E-state index >= 15 is 0 Å². The van der Waals surface area contributed by atoms with Gasteiger partial charge in [0.25, 0.3) is 5.91 Å². The number of carbonyl (C=O) groups excluding carboxylic acids is 5. The number of ether oxygens (including phenoxy) is 2. The molecule has 51 heavy (non-hydrogen) atoms. The minimum atomic E-state index is -3.85. The first-order valence-corrected chi connectivity index (χ1v) is 20.3. The highest BCUT2D eigenvalue weighted by Crippen LogP contribution is 2.31. The van der Waals surface area contributed by atoms with Gasteiger partial charge in [0.15, 0.2) is 0 Å². The predicted octanol–water partition coefficient (Wildman–Crippen LogP) is 3.55. The summed E-state index contributed by atoms with van der Waals surface area (Å²) >= 11 is 0. The Kier molecular flexibility index (Phi) is 12.0. The number of amides is 5. The standard InChI is InChI=1S/C36H51N5O9S/c42-32(39-51(47,48)27-17-18-27)29-15-8-3-1-2-4-9-16-30-34(44)41-22-26(20-31(41)33(43)37-29)50-36(46)40-21-25-14-11-13-24(28(25)23-40)12-7-5-6-10-19-49-35(45)38-30/h11,13-14,26-27,29-31H,1-10,12,15-23H2,(H,37,43)(H,38,45)(H,39,42)/t26-,29?,30-,31-/m0/s1. The van der Waals surface area contributed by atoms with Crippen LogP contribution in [0.5, 0.6) is 0 Å². The molecule has 4 atom stereocenters. The summed E-state index contributed by atoms with van der Waals surface area (Å²) in [6.07, 6.45) is 8.32. The van der Waals surface area contributed by atoms with E-state index in [4.69, 9.17) is 9.47 Å². The number of fused-ring (bicyclic) bond motifs is 3. The van der Waals surface area contributed by atoms with Gasteiger partial charge in [-0.3, -0.25) is 24.0 Å². The van der Waals surface area contributed by atoms with Gasteiger partial charge in [0, 0.05) is 19.5 Å². The molecule has 5 amide bonds. The van der Waals surface area contributed by atoms with Crippen LogP contribution in [0.4, 0.5) is 9.59 Å². The monoisotopic (exact) mass is 729 g/mol. The summed E-state index contributed by atoms with van der Waals surface area (Å²) in [5.41, 5.74) is 3.38. The molecule has 280 valence electrons. The molecule has 1 aromatic rings. The molecular formula is C36H51N5O9S. The minimum Gasteiger partial charge on any atom is -0.450 e. The molecule has 1 aliphatic carbocycles.